The van der Waals surface area contributed by atoms with Crippen LogP contribution in [0.15, 0.2) is 16.8 Å². The van der Waals surface area contributed by atoms with Crippen molar-refractivity contribution in [3.8, 4) is 0 Å². The third kappa shape index (κ3) is 6.89. The number of hydrogen-bond acceptors (Lipinski definition) is 7. The van der Waals surface area contributed by atoms with E-state index in [0.717, 1.165) is 0 Å². The SMILES string of the molecule is COC(=O)C(=CC(C)(C)/C=N\NCCCO)C(=O)OC. The highest BCUT2D eigenvalue weighted by Crippen LogP contribution is 2.18. The second kappa shape index (κ2) is 9.08. The van der Waals surface area contributed by atoms with E-state index in [1.54, 1.807) is 20.1 Å². The molecule has 0 aliphatic carbocycles. The number of aliphatic hydroxyl groups is 1. The Hall–Kier alpha value is -1.89. The summed E-state index contributed by atoms with van der Waals surface area (Å²) in [4.78, 5) is 23.1. The smallest absolute Gasteiger partial charge is 0.344 e. The molecule has 0 radical (unpaired) electrons. The molecule has 0 heterocycles. The van der Waals surface area contributed by atoms with Crippen LogP contribution in [0.1, 0.15) is 20.3 Å². The number of hydrogen-bond donors (Lipinski definition) is 2. The van der Waals surface area contributed by atoms with Gasteiger partial charge in [0.15, 0.2) is 0 Å². The van der Waals surface area contributed by atoms with Crippen molar-refractivity contribution in [2.24, 2.45) is 10.5 Å². The van der Waals surface area contributed by atoms with Crippen LogP contribution in [-0.2, 0) is 19.1 Å². The number of carbonyl (C=O) groups is 2. The zero-order chi connectivity index (χ0) is 15.6. The van der Waals surface area contributed by atoms with E-state index in [9.17, 15) is 9.59 Å². The fraction of sp³-hybridized carbons (Fsp3) is 0.615. The molecule has 0 bridgehead atoms. The van der Waals surface area contributed by atoms with Crippen LogP contribution in [0.5, 0.6) is 0 Å². The molecule has 0 aromatic rings. The maximum atomic E-state index is 11.5. The number of aliphatic hydroxyl groups excluding tert-OH is 1. The largest absolute Gasteiger partial charge is 0.465 e. The predicted molar refractivity (Wildman–Crippen MR) is 74.1 cm³/mol. The summed E-state index contributed by atoms with van der Waals surface area (Å²) in [5.41, 5.74) is 1.92. The molecule has 0 rings (SSSR count). The predicted octanol–water partition coefficient (Wildman–Crippen LogP) is 0.243. The first-order valence-electron chi connectivity index (χ1n) is 6.15. The Morgan fingerprint density at radius 2 is 1.80 bits per heavy atom. The lowest BCUT2D eigenvalue weighted by atomic mass is 9.92. The Kier molecular flexibility index (Phi) is 8.23. The van der Waals surface area contributed by atoms with Gasteiger partial charge in [-0.15, -0.1) is 0 Å². The number of ether oxygens (including phenoxy) is 2. The quantitative estimate of drug-likeness (QED) is 0.126. The van der Waals surface area contributed by atoms with Gasteiger partial charge in [0.2, 0.25) is 0 Å². The van der Waals surface area contributed by atoms with Crippen molar-refractivity contribution in [2.75, 3.05) is 27.4 Å². The zero-order valence-electron chi connectivity index (χ0n) is 12.3. The van der Waals surface area contributed by atoms with Gasteiger partial charge in [-0.25, -0.2) is 9.59 Å². The molecule has 0 saturated heterocycles. The summed E-state index contributed by atoms with van der Waals surface area (Å²) in [5.74, 6) is -1.52. The molecule has 114 valence electrons. The molecule has 0 fully saturated rings. The van der Waals surface area contributed by atoms with Gasteiger partial charge in [0, 0.05) is 24.8 Å². The molecule has 0 amide bonds. The summed E-state index contributed by atoms with van der Waals surface area (Å²) < 4.78 is 9.09. The van der Waals surface area contributed by atoms with Crippen LogP contribution in [0.2, 0.25) is 0 Å². The van der Waals surface area contributed by atoms with E-state index in [2.05, 4.69) is 20.0 Å². The van der Waals surface area contributed by atoms with E-state index < -0.39 is 17.4 Å². The first kappa shape index (κ1) is 18.1. The van der Waals surface area contributed by atoms with E-state index in [1.807, 2.05) is 0 Å². The lowest BCUT2D eigenvalue weighted by Crippen LogP contribution is -2.21. The molecule has 0 atom stereocenters. The molecule has 7 heteroatoms. The number of carbonyl (C=O) groups excluding carboxylic acids is 2. The highest BCUT2D eigenvalue weighted by Gasteiger charge is 2.24. The number of allylic oxidation sites excluding steroid dienone is 1. The highest BCUT2D eigenvalue weighted by molar-refractivity contribution is 6.14. The van der Waals surface area contributed by atoms with Crippen LogP contribution < -0.4 is 5.43 Å². The maximum absolute atomic E-state index is 11.5. The molecular formula is C13H22N2O5. The van der Waals surface area contributed by atoms with Crippen LogP contribution in [0.3, 0.4) is 0 Å². The minimum absolute atomic E-state index is 0.0840. The summed E-state index contributed by atoms with van der Waals surface area (Å²) in [7, 11) is 2.38. The fourth-order valence-electron chi connectivity index (χ4n) is 1.27. The third-order valence-corrected chi connectivity index (χ3v) is 2.26. The van der Waals surface area contributed by atoms with Crippen LogP contribution in [0.25, 0.3) is 0 Å². The van der Waals surface area contributed by atoms with Crippen molar-refractivity contribution < 1.29 is 24.2 Å². The summed E-state index contributed by atoms with van der Waals surface area (Å²) in [6.07, 6.45) is 3.57. The number of nitrogens with one attached hydrogen (secondary N) is 1. The van der Waals surface area contributed by atoms with E-state index in [0.29, 0.717) is 13.0 Å². The van der Waals surface area contributed by atoms with Crippen molar-refractivity contribution in [2.45, 2.75) is 20.3 Å². The molecule has 0 aliphatic heterocycles. The molecule has 2 N–H and O–H groups in total. The number of methoxy groups -OCH3 is 2. The second-order valence-corrected chi connectivity index (χ2v) is 4.61. The van der Waals surface area contributed by atoms with E-state index in [4.69, 9.17) is 5.11 Å². The van der Waals surface area contributed by atoms with Crippen molar-refractivity contribution in [3.63, 3.8) is 0 Å². The Labute approximate surface area is 118 Å². The van der Waals surface area contributed by atoms with Gasteiger partial charge in [0.1, 0.15) is 5.57 Å². The van der Waals surface area contributed by atoms with Crippen molar-refractivity contribution >= 4 is 18.2 Å². The fourth-order valence-corrected chi connectivity index (χ4v) is 1.27. The lowest BCUT2D eigenvalue weighted by molar-refractivity contribution is -0.144. The number of hydrazone groups is 1. The van der Waals surface area contributed by atoms with Gasteiger partial charge in [-0.1, -0.05) is 19.9 Å². The lowest BCUT2D eigenvalue weighted by Gasteiger charge is -2.15. The summed E-state index contributed by atoms with van der Waals surface area (Å²) in [6.45, 7) is 4.17. The average molecular weight is 286 g/mol. The van der Waals surface area contributed by atoms with Crippen molar-refractivity contribution in [1.29, 1.82) is 0 Å². The Balaban J connectivity index is 4.90. The zero-order valence-corrected chi connectivity index (χ0v) is 12.3. The standard InChI is InChI=1S/C13H22N2O5/c1-13(2,9-15-14-6-5-7-16)8-10(11(17)19-3)12(18)20-4/h8-9,14,16H,5-7H2,1-4H3/b15-9-. The maximum Gasteiger partial charge on any atom is 0.344 e. The molecular weight excluding hydrogens is 264 g/mol. The number of esters is 2. The van der Waals surface area contributed by atoms with Gasteiger partial charge in [-0.2, -0.15) is 5.10 Å². The molecule has 0 aliphatic rings. The molecule has 7 nitrogen and oxygen atoms in total. The topological polar surface area (TPSA) is 97.2 Å². The molecule has 0 unspecified atom stereocenters. The second-order valence-electron chi connectivity index (χ2n) is 4.61. The van der Waals surface area contributed by atoms with E-state index >= 15 is 0 Å². The number of nitrogens with zero attached hydrogens (tertiary/aromatic N) is 1. The van der Waals surface area contributed by atoms with Crippen molar-refractivity contribution in [1.82, 2.24) is 5.43 Å². The Morgan fingerprint density at radius 1 is 1.25 bits per heavy atom. The first-order valence-corrected chi connectivity index (χ1v) is 6.15. The first-order chi connectivity index (χ1) is 9.37. The highest BCUT2D eigenvalue weighted by atomic mass is 16.5. The van der Waals surface area contributed by atoms with Crippen LogP contribution in [0.4, 0.5) is 0 Å². The van der Waals surface area contributed by atoms with E-state index in [1.165, 1.54) is 20.3 Å². The summed E-state index contributed by atoms with van der Waals surface area (Å²) >= 11 is 0. The van der Waals surface area contributed by atoms with E-state index in [-0.39, 0.29) is 12.2 Å². The van der Waals surface area contributed by atoms with Gasteiger partial charge in [0.05, 0.1) is 14.2 Å². The van der Waals surface area contributed by atoms with Gasteiger partial charge in [-0.05, 0) is 6.42 Å². The van der Waals surface area contributed by atoms with Crippen LogP contribution in [-0.4, -0.2) is 50.6 Å². The molecule has 20 heavy (non-hydrogen) atoms. The number of rotatable bonds is 8. The van der Waals surface area contributed by atoms with Gasteiger partial charge in [0.25, 0.3) is 0 Å². The summed E-state index contributed by atoms with van der Waals surface area (Å²) in [5, 5.41) is 12.6. The molecule has 0 aromatic carbocycles. The third-order valence-electron chi connectivity index (χ3n) is 2.26. The Morgan fingerprint density at radius 3 is 2.25 bits per heavy atom. The van der Waals surface area contributed by atoms with Gasteiger partial charge in [-0.3, -0.25) is 0 Å². The molecule has 0 aromatic heterocycles. The summed E-state index contributed by atoms with van der Waals surface area (Å²) in [6, 6.07) is 0. The molecule has 0 saturated carbocycles. The van der Waals surface area contributed by atoms with Gasteiger partial charge >= 0.3 is 11.9 Å². The monoisotopic (exact) mass is 286 g/mol. The normalized spacial score (nSPS) is 11.1. The van der Waals surface area contributed by atoms with Gasteiger partial charge < -0.3 is 20.0 Å². The average Bonchev–Trinajstić information content (AvgIpc) is 2.42. The van der Waals surface area contributed by atoms with Crippen molar-refractivity contribution in [3.05, 3.63) is 11.6 Å². The van der Waals surface area contributed by atoms with Crippen LogP contribution >= 0.6 is 0 Å². The van der Waals surface area contributed by atoms with Crippen LogP contribution in [0, 0.1) is 5.41 Å². The minimum atomic E-state index is -0.758. The Bertz CT molecular complexity index is 370. The molecule has 0 spiro atoms. The minimum Gasteiger partial charge on any atom is -0.465 e.